The first kappa shape index (κ1) is 17.0. The second kappa shape index (κ2) is 7.38. The Labute approximate surface area is 147 Å². The second-order valence-electron chi connectivity index (χ2n) is 6.15. The van der Waals surface area contributed by atoms with Crippen LogP contribution in [0.3, 0.4) is 0 Å². The van der Waals surface area contributed by atoms with Gasteiger partial charge in [-0.15, -0.1) is 5.10 Å². The molecule has 1 aliphatic rings. The highest BCUT2D eigenvalue weighted by Crippen LogP contribution is 2.22. The third kappa shape index (κ3) is 3.65. The van der Waals surface area contributed by atoms with E-state index < -0.39 is 0 Å². The minimum absolute atomic E-state index is 0.0129. The van der Waals surface area contributed by atoms with E-state index in [1.165, 1.54) is 0 Å². The summed E-state index contributed by atoms with van der Waals surface area (Å²) in [7, 11) is 5.47. The number of methoxy groups -OCH3 is 1. The number of hydrogen-bond acceptors (Lipinski definition) is 6. The van der Waals surface area contributed by atoms with Gasteiger partial charge in [-0.3, -0.25) is 4.79 Å². The largest absolute Gasteiger partial charge is 0.496 e. The number of ether oxygens (including phenoxy) is 1. The van der Waals surface area contributed by atoms with E-state index in [1.54, 1.807) is 13.3 Å². The molecule has 0 spiro atoms. The third-order valence-corrected chi connectivity index (χ3v) is 4.35. The molecule has 0 bridgehead atoms. The summed E-state index contributed by atoms with van der Waals surface area (Å²) >= 11 is 0. The van der Waals surface area contributed by atoms with Crippen LogP contribution in [0.4, 0.5) is 11.5 Å². The maximum atomic E-state index is 12.8. The first-order valence-electron chi connectivity index (χ1n) is 8.27. The van der Waals surface area contributed by atoms with E-state index in [0.717, 1.165) is 24.6 Å². The van der Waals surface area contributed by atoms with E-state index >= 15 is 0 Å². The van der Waals surface area contributed by atoms with Crippen molar-refractivity contribution in [2.24, 2.45) is 0 Å². The molecule has 0 aliphatic carbocycles. The van der Waals surface area contributed by atoms with E-state index in [4.69, 9.17) is 4.74 Å². The SMILES string of the molecule is COc1ccccc1C(=O)N1CCN(c2cnnc(N(C)C)c2)CC1. The normalized spacial score (nSPS) is 14.4. The molecule has 7 heteroatoms. The standard InChI is InChI=1S/C18H23N5O2/c1-21(2)17-12-14(13-19-20-17)22-8-10-23(11-9-22)18(24)15-6-4-5-7-16(15)25-3/h4-7,12-13H,8-11H2,1-3H3. The number of carbonyl (C=O) groups excluding carboxylic acids is 1. The van der Waals surface area contributed by atoms with Crippen molar-refractivity contribution in [3.05, 3.63) is 42.1 Å². The van der Waals surface area contributed by atoms with Crippen LogP contribution in [0.15, 0.2) is 36.5 Å². The number of rotatable bonds is 4. The molecule has 0 radical (unpaired) electrons. The highest BCUT2D eigenvalue weighted by molar-refractivity contribution is 5.97. The molecule has 1 fully saturated rings. The smallest absolute Gasteiger partial charge is 0.257 e. The summed E-state index contributed by atoms with van der Waals surface area (Å²) < 4.78 is 5.31. The molecule has 3 rings (SSSR count). The highest BCUT2D eigenvalue weighted by Gasteiger charge is 2.24. The highest BCUT2D eigenvalue weighted by atomic mass is 16.5. The Balaban J connectivity index is 1.67. The van der Waals surface area contributed by atoms with Gasteiger partial charge in [-0.25, -0.2) is 0 Å². The van der Waals surface area contributed by atoms with Crippen molar-refractivity contribution in [1.82, 2.24) is 15.1 Å². The molecule has 7 nitrogen and oxygen atoms in total. The quantitative estimate of drug-likeness (QED) is 0.840. The minimum atomic E-state index is 0.0129. The molecular formula is C18H23N5O2. The lowest BCUT2D eigenvalue weighted by atomic mass is 10.1. The fraction of sp³-hybridized carbons (Fsp3) is 0.389. The molecule has 0 unspecified atom stereocenters. The van der Waals surface area contributed by atoms with Gasteiger partial charge in [-0.2, -0.15) is 5.10 Å². The van der Waals surface area contributed by atoms with Gasteiger partial charge < -0.3 is 19.4 Å². The number of hydrogen-bond donors (Lipinski definition) is 0. The lowest BCUT2D eigenvalue weighted by Gasteiger charge is -2.36. The Hall–Kier alpha value is -2.83. The van der Waals surface area contributed by atoms with Crippen molar-refractivity contribution in [1.29, 1.82) is 0 Å². The molecule has 0 N–H and O–H groups in total. The Bertz CT molecular complexity index is 742. The summed E-state index contributed by atoms with van der Waals surface area (Å²) in [5.41, 5.74) is 1.64. The molecular weight excluding hydrogens is 318 g/mol. The molecule has 0 atom stereocenters. The van der Waals surface area contributed by atoms with Crippen LogP contribution in [0.25, 0.3) is 0 Å². The molecule has 1 saturated heterocycles. The summed E-state index contributed by atoms with van der Waals surface area (Å²) in [6.07, 6.45) is 1.77. The van der Waals surface area contributed by atoms with Crippen molar-refractivity contribution in [3.63, 3.8) is 0 Å². The molecule has 25 heavy (non-hydrogen) atoms. The number of aromatic nitrogens is 2. The van der Waals surface area contributed by atoms with Crippen LogP contribution < -0.4 is 14.5 Å². The van der Waals surface area contributed by atoms with Crippen molar-refractivity contribution < 1.29 is 9.53 Å². The maximum Gasteiger partial charge on any atom is 0.257 e. The molecule has 0 saturated carbocycles. The number of carbonyl (C=O) groups is 1. The van der Waals surface area contributed by atoms with Gasteiger partial charge >= 0.3 is 0 Å². The van der Waals surface area contributed by atoms with Crippen molar-refractivity contribution in [2.45, 2.75) is 0 Å². The van der Waals surface area contributed by atoms with Crippen LogP contribution in [-0.2, 0) is 0 Å². The summed E-state index contributed by atoms with van der Waals surface area (Å²) in [5, 5.41) is 8.18. The minimum Gasteiger partial charge on any atom is -0.496 e. The van der Waals surface area contributed by atoms with Crippen LogP contribution in [0.1, 0.15) is 10.4 Å². The molecule has 2 heterocycles. The van der Waals surface area contributed by atoms with Crippen molar-refractivity contribution >= 4 is 17.4 Å². The summed E-state index contributed by atoms with van der Waals surface area (Å²) in [5.74, 6) is 1.45. The molecule has 1 amide bonds. The number of piperazine rings is 1. The zero-order valence-corrected chi connectivity index (χ0v) is 14.8. The first-order chi connectivity index (χ1) is 12.1. The Morgan fingerprint density at radius 3 is 2.56 bits per heavy atom. The average molecular weight is 341 g/mol. The predicted molar refractivity (Wildman–Crippen MR) is 97.5 cm³/mol. The van der Waals surface area contributed by atoms with E-state index in [-0.39, 0.29) is 5.91 Å². The van der Waals surface area contributed by atoms with Crippen LogP contribution in [-0.4, -0.2) is 68.4 Å². The fourth-order valence-corrected chi connectivity index (χ4v) is 2.90. The van der Waals surface area contributed by atoms with Crippen LogP contribution >= 0.6 is 0 Å². The Morgan fingerprint density at radius 2 is 1.88 bits per heavy atom. The summed E-state index contributed by atoms with van der Waals surface area (Å²) in [6.45, 7) is 2.85. The zero-order valence-electron chi connectivity index (χ0n) is 14.8. The molecule has 1 aliphatic heterocycles. The lowest BCUT2D eigenvalue weighted by molar-refractivity contribution is 0.0743. The molecule has 1 aromatic carbocycles. The number of anilines is 2. The van der Waals surface area contributed by atoms with E-state index in [0.29, 0.717) is 24.4 Å². The van der Waals surface area contributed by atoms with Gasteiger partial charge in [0.05, 0.1) is 24.6 Å². The monoisotopic (exact) mass is 341 g/mol. The van der Waals surface area contributed by atoms with E-state index in [2.05, 4.69) is 15.1 Å². The summed E-state index contributed by atoms with van der Waals surface area (Å²) in [4.78, 5) is 18.8. The lowest BCUT2D eigenvalue weighted by Crippen LogP contribution is -2.49. The number of amides is 1. The average Bonchev–Trinajstić information content (AvgIpc) is 2.67. The molecule has 1 aromatic heterocycles. The van der Waals surface area contributed by atoms with Gasteiger partial charge in [0.25, 0.3) is 5.91 Å². The first-order valence-corrected chi connectivity index (χ1v) is 8.27. The van der Waals surface area contributed by atoms with E-state index in [1.807, 2.05) is 54.2 Å². The third-order valence-electron chi connectivity index (χ3n) is 4.35. The second-order valence-corrected chi connectivity index (χ2v) is 6.15. The van der Waals surface area contributed by atoms with Gasteiger partial charge in [0.15, 0.2) is 5.82 Å². The topological polar surface area (TPSA) is 61.8 Å². The van der Waals surface area contributed by atoms with Gasteiger partial charge in [0.1, 0.15) is 5.75 Å². The van der Waals surface area contributed by atoms with Crippen molar-refractivity contribution in [3.8, 4) is 5.75 Å². The van der Waals surface area contributed by atoms with E-state index in [9.17, 15) is 4.79 Å². The fourth-order valence-electron chi connectivity index (χ4n) is 2.90. The zero-order chi connectivity index (χ0) is 17.8. The number of benzene rings is 1. The van der Waals surface area contributed by atoms with Gasteiger partial charge in [-0.05, 0) is 12.1 Å². The summed E-state index contributed by atoms with van der Waals surface area (Å²) in [6, 6.07) is 9.37. The number of para-hydroxylation sites is 1. The van der Waals surface area contributed by atoms with Gasteiger partial charge in [0, 0.05) is 46.3 Å². The van der Waals surface area contributed by atoms with Gasteiger partial charge in [-0.1, -0.05) is 12.1 Å². The Morgan fingerprint density at radius 1 is 1.16 bits per heavy atom. The Kier molecular flexibility index (Phi) is 5.02. The maximum absolute atomic E-state index is 12.8. The van der Waals surface area contributed by atoms with Gasteiger partial charge in [0.2, 0.25) is 0 Å². The van der Waals surface area contributed by atoms with Crippen LogP contribution in [0.5, 0.6) is 5.75 Å². The van der Waals surface area contributed by atoms with Crippen molar-refractivity contribution in [2.75, 3.05) is 57.2 Å². The van der Waals surface area contributed by atoms with Crippen LogP contribution in [0.2, 0.25) is 0 Å². The van der Waals surface area contributed by atoms with Crippen LogP contribution in [0, 0.1) is 0 Å². The predicted octanol–water partition coefficient (Wildman–Crippen LogP) is 1.51. The molecule has 2 aromatic rings. The number of nitrogens with zero attached hydrogens (tertiary/aromatic N) is 5. The molecule has 132 valence electrons.